The molecule has 1 aromatic heterocycles. The Morgan fingerprint density at radius 3 is 2.67 bits per heavy atom. The Morgan fingerprint density at radius 2 is 1.89 bits per heavy atom. The lowest BCUT2D eigenvalue weighted by atomic mass is 9.95. The van der Waals surface area contributed by atoms with Crippen LogP contribution in [0.15, 0.2) is 48.6 Å². The minimum atomic E-state index is -0.691. The molecule has 0 radical (unpaired) electrons. The van der Waals surface area contributed by atoms with Crippen LogP contribution in [0, 0.1) is 13.5 Å². The van der Waals surface area contributed by atoms with Gasteiger partial charge < -0.3 is 24.3 Å². The Kier molecular flexibility index (Phi) is 8.52. The Balaban J connectivity index is 1.22. The van der Waals surface area contributed by atoms with Crippen LogP contribution in [0.1, 0.15) is 42.5 Å². The summed E-state index contributed by atoms with van der Waals surface area (Å²) >= 11 is 0. The van der Waals surface area contributed by atoms with E-state index < -0.39 is 6.67 Å². The number of anilines is 2. The van der Waals surface area contributed by atoms with E-state index in [1.165, 1.54) is 47.0 Å². The zero-order valence-corrected chi connectivity index (χ0v) is 26.6. The first-order valence-electron chi connectivity index (χ1n) is 16.6. The van der Waals surface area contributed by atoms with Gasteiger partial charge in [0.05, 0.1) is 17.8 Å². The van der Waals surface area contributed by atoms with E-state index >= 15 is 0 Å². The van der Waals surface area contributed by atoms with Gasteiger partial charge in [-0.25, -0.2) is 11.0 Å². The summed E-state index contributed by atoms with van der Waals surface area (Å²) in [7, 11) is 0. The molecular formula is C36H42FN7O2. The maximum Gasteiger partial charge on any atom is 0.318 e. The van der Waals surface area contributed by atoms with Gasteiger partial charge in [0.15, 0.2) is 0 Å². The molecular weight excluding hydrogens is 581 g/mol. The van der Waals surface area contributed by atoms with Crippen molar-refractivity contribution in [3.8, 4) is 6.01 Å². The fraction of sp³-hybridized carbons (Fsp3) is 0.500. The molecule has 3 aromatic rings. The summed E-state index contributed by atoms with van der Waals surface area (Å²) in [5.74, 6) is 0.597. The number of amides is 1. The summed E-state index contributed by atoms with van der Waals surface area (Å²) in [6.45, 7) is 15.0. The van der Waals surface area contributed by atoms with E-state index in [0.29, 0.717) is 38.8 Å². The molecule has 10 heteroatoms. The lowest BCUT2D eigenvalue weighted by molar-refractivity contribution is -0.128. The van der Waals surface area contributed by atoms with Gasteiger partial charge in [0.2, 0.25) is 12.5 Å². The molecule has 9 nitrogen and oxygen atoms in total. The molecule has 0 spiro atoms. The van der Waals surface area contributed by atoms with Gasteiger partial charge in [-0.05, 0) is 75.2 Å². The third-order valence-corrected chi connectivity index (χ3v) is 10.5. The Bertz CT molecular complexity index is 1670. The van der Waals surface area contributed by atoms with E-state index in [9.17, 15) is 9.18 Å². The molecule has 1 amide bonds. The number of benzene rings is 2. The summed E-state index contributed by atoms with van der Waals surface area (Å²) in [4.78, 5) is 35.6. The van der Waals surface area contributed by atoms with Gasteiger partial charge in [0.1, 0.15) is 25.1 Å². The highest BCUT2D eigenvalue weighted by Gasteiger charge is 2.45. The van der Waals surface area contributed by atoms with Crippen LogP contribution in [0.4, 0.5) is 15.9 Å². The Morgan fingerprint density at radius 1 is 1.09 bits per heavy atom. The van der Waals surface area contributed by atoms with Crippen LogP contribution in [0.3, 0.4) is 0 Å². The van der Waals surface area contributed by atoms with Gasteiger partial charge >= 0.3 is 6.01 Å². The molecule has 0 N–H and O–H groups in total. The Hall–Kier alpha value is -4.23. The second-order valence-electron chi connectivity index (χ2n) is 13.1. The van der Waals surface area contributed by atoms with Crippen LogP contribution >= 0.6 is 0 Å². The number of carbonyl (C=O) groups is 1. The van der Waals surface area contributed by atoms with Crippen molar-refractivity contribution in [2.24, 2.45) is 0 Å². The van der Waals surface area contributed by atoms with E-state index in [4.69, 9.17) is 21.3 Å². The number of carbonyl (C=O) groups excluding carboxylic acids is 1. The minimum absolute atomic E-state index is 0.0752. The molecule has 7 rings (SSSR count). The van der Waals surface area contributed by atoms with E-state index in [1.807, 2.05) is 0 Å². The summed E-state index contributed by atoms with van der Waals surface area (Å²) < 4.78 is 19.3. The summed E-state index contributed by atoms with van der Waals surface area (Å²) in [6, 6.07) is 13.0. The summed E-state index contributed by atoms with van der Waals surface area (Å²) in [5, 5.41) is 2.50. The number of rotatable bonds is 8. The largest absolute Gasteiger partial charge is 0.461 e. The highest BCUT2D eigenvalue weighted by molar-refractivity contribution is 5.97. The predicted octanol–water partition coefficient (Wildman–Crippen LogP) is 4.97. The number of halogens is 1. The average molecular weight is 624 g/mol. The first kappa shape index (κ1) is 30.4. The minimum Gasteiger partial charge on any atom is -0.461 e. The van der Waals surface area contributed by atoms with Crippen molar-refractivity contribution in [2.45, 2.75) is 57.2 Å². The molecule has 0 unspecified atom stereocenters. The molecule has 4 aliphatic heterocycles. The number of alkyl halides is 1. The average Bonchev–Trinajstić information content (AvgIpc) is 3.66. The fourth-order valence-corrected chi connectivity index (χ4v) is 8.19. The van der Waals surface area contributed by atoms with Gasteiger partial charge in [-0.15, -0.1) is 0 Å². The number of fused-ring (bicyclic) bond motifs is 3. The quantitative estimate of drug-likeness (QED) is 0.259. The number of piperazine rings is 1. The zero-order valence-electron chi connectivity index (χ0n) is 26.6. The van der Waals surface area contributed by atoms with Gasteiger partial charge in [0, 0.05) is 48.9 Å². The van der Waals surface area contributed by atoms with Crippen LogP contribution in [-0.2, 0) is 17.8 Å². The summed E-state index contributed by atoms with van der Waals surface area (Å²) in [5.41, 5.74) is 4.62. The van der Waals surface area contributed by atoms with Crippen LogP contribution in [-0.4, -0.2) is 96.4 Å². The molecule has 2 aromatic carbocycles. The highest BCUT2D eigenvalue weighted by atomic mass is 19.1. The second kappa shape index (κ2) is 12.9. The summed E-state index contributed by atoms with van der Waals surface area (Å²) in [6.07, 6.45) is 7.97. The van der Waals surface area contributed by atoms with Crippen molar-refractivity contribution in [2.75, 3.05) is 68.9 Å². The lowest BCUT2D eigenvalue weighted by Crippen LogP contribution is -2.56. The SMILES string of the molecule is [C-]#[N+]C[C@H]1CN(c2nc(OCC34CCCN3CCC4)nc3c2CCN(c2cccc4cccc(C)c24)C3)CCN1C(=O)/C=C/CF. The maximum absolute atomic E-state index is 12.9. The zero-order chi connectivity index (χ0) is 31.7. The van der Waals surface area contributed by atoms with Crippen molar-refractivity contribution >= 4 is 28.2 Å². The van der Waals surface area contributed by atoms with Crippen LogP contribution in [0.25, 0.3) is 15.6 Å². The number of aromatic nitrogens is 2. The number of nitrogens with zero attached hydrogens (tertiary/aromatic N) is 7. The Labute approximate surface area is 270 Å². The molecule has 5 heterocycles. The van der Waals surface area contributed by atoms with Gasteiger partial charge in [-0.2, -0.15) is 9.97 Å². The molecule has 0 aliphatic carbocycles. The molecule has 0 saturated carbocycles. The van der Waals surface area contributed by atoms with Crippen molar-refractivity contribution in [3.05, 3.63) is 76.8 Å². The van der Waals surface area contributed by atoms with E-state index in [0.717, 1.165) is 56.0 Å². The molecule has 3 saturated heterocycles. The smallest absolute Gasteiger partial charge is 0.318 e. The number of aryl methyl sites for hydroxylation is 1. The number of allylic oxidation sites excluding steroid dienone is 1. The van der Waals surface area contributed by atoms with Crippen molar-refractivity contribution in [3.63, 3.8) is 0 Å². The predicted molar refractivity (Wildman–Crippen MR) is 178 cm³/mol. The second-order valence-corrected chi connectivity index (χ2v) is 13.1. The van der Waals surface area contributed by atoms with Crippen LogP contribution in [0.2, 0.25) is 0 Å². The third kappa shape index (κ3) is 5.66. The molecule has 1 atom stereocenters. The van der Waals surface area contributed by atoms with E-state index in [-0.39, 0.29) is 24.0 Å². The van der Waals surface area contributed by atoms with Crippen molar-refractivity contribution < 1.29 is 13.9 Å². The van der Waals surface area contributed by atoms with E-state index in [2.05, 4.69) is 62.9 Å². The first-order chi connectivity index (χ1) is 22.5. The molecule has 3 fully saturated rings. The van der Waals surface area contributed by atoms with E-state index in [1.54, 1.807) is 4.90 Å². The monoisotopic (exact) mass is 623 g/mol. The van der Waals surface area contributed by atoms with Crippen LogP contribution in [0.5, 0.6) is 6.01 Å². The molecule has 240 valence electrons. The molecule has 4 aliphatic rings. The van der Waals surface area contributed by atoms with Gasteiger partial charge in [0.25, 0.3) is 0 Å². The highest BCUT2D eigenvalue weighted by Crippen LogP contribution is 2.40. The van der Waals surface area contributed by atoms with Crippen molar-refractivity contribution in [1.82, 2.24) is 19.8 Å². The van der Waals surface area contributed by atoms with Gasteiger partial charge in [-0.1, -0.05) is 30.3 Å². The topological polar surface area (TPSA) is 69.4 Å². The maximum atomic E-state index is 12.9. The van der Waals surface area contributed by atoms with Gasteiger partial charge in [-0.3, -0.25) is 9.69 Å². The number of hydrogen-bond acceptors (Lipinski definition) is 7. The van der Waals surface area contributed by atoms with Crippen LogP contribution < -0.4 is 14.5 Å². The normalized spacial score (nSPS) is 21.1. The first-order valence-corrected chi connectivity index (χ1v) is 16.6. The molecule has 0 bridgehead atoms. The fourth-order valence-electron chi connectivity index (χ4n) is 8.19. The number of ether oxygens (including phenoxy) is 1. The van der Waals surface area contributed by atoms with Crippen molar-refractivity contribution in [1.29, 1.82) is 0 Å². The number of hydrogen-bond donors (Lipinski definition) is 0. The third-order valence-electron chi connectivity index (χ3n) is 10.5. The standard InChI is InChI=1S/C36H42FN7O2/c1-26-8-3-9-27-10-4-11-31(33(26)27)41-19-13-29-30(24-41)39-35(46-25-36-14-6-17-43(36)18-7-15-36)40-34(29)42-20-21-44(28(23-42)22-38-2)32(45)12-5-16-37/h3-5,8-12,28H,6-7,13-25H2,1H3/b12-5+/t28-/m0/s1. The lowest BCUT2D eigenvalue weighted by Gasteiger charge is -2.41. The molecule has 46 heavy (non-hydrogen) atoms.